The highest BCUT2D eigenvalue weighted by Gasteiger charge is 2.38. The maximum atomic E-state index is 14.1. The summed E-state index contributed by atoms with van der Waals surface area (Å²) in [7, 11) is 0. The minimum atomic E-state index is 0.116. The van der Waals surface area contributed by atoms with Gasteiger partial charge in [-0.2, -0.15) is 0 Å². The molecule has 8 aromatic rings. The van der Waals surface area contributed by atoms with E-state index in [1.165, 1.54) is 11.1 Å². The topological polar surface area (TPSA) is 64.3 Å². The number of ketones is 2. The van der Waals surface area contributed by atoms with Crippen LogP contribution in [-0.2, 0) is 0 Å². The number of nitrogens with zero attached hydrogens (tertiary/aromatic N) is 3. The zero-order chi connectivity index (χ0) is 33.5. The van der Waals surface area contributed by atoms with Crippen LogP contribution in [0.5, 0.6) is 0 Å². The van der Waals surface area contributed by atoms with E-state index in [4.69, 9.17) is 9.97 Å². The zero-order valence-electron chi connectivity index (χ0n) is 28.3. The van der Waals surface area contributed by atoms with Crippen molar-refractivity contribution in [1.82, 2.24) is 14.4 Å². The molecule has 4 bridgehead atoms. The first-order chi connectivity index (χ1) is 25.1. The van der Waals surface area contributed by atoms with Crippen molar-refractivity contribution < 1.29 is 9.59 Å². The average molecular weight is 662 g/mol. The van der Waals surface area contributed by atoms with Gasteiger partial charge in [-0.1, -0.05) is 60.7 Å². The lowest BCUT2D eigenvalue weighted by Gasteiger charge is -2.22. The number of fused-ring (bicyclic) bond motifs is 12. The molecule has 3 heterocycles. The van der Waals surface area contributed by atoms with E-state index in [0.717, 1.165) is 128 Å². The molecular formula is C46H35N3O2. The molecule has 14 rings (SSSR count). The van der Waals surface area contributed by atoms with Gasteiger partial charge in [0.2, 0.25) is 0 Å². The van der Waals surface area contributed by atoms with Gasteiger partial charge in [-0.05, 0) is 105 Å². The average Bonchev–Trinajstić information content (AvgIpc) is 3.50. The van der Waals surface area contributed by atoms with Gasteiger partial charge in [0.25, 0.3) is 0 Å². The van der Waals surface area contributed by atoms with E-state index < -0.39 is 0 Å². The SMILES string of the molecule is O=C1c2cc3c(cc2C2CCC1CC2)c1cc2nc(-c4ccccc4)nc(-c4ccccc4)c2c2c4cc5c(cc4n3c12)C(=O)C1CCC5CC1. The second kappa shape index (κ2) is 10.1. The smallest absolute Gasteiger partial charge is 0.166 e. The van der Waals surface area contributed by atoms with E-state index in [9.17, 15) is 9.59 Å². The fraction of sp³-hybridized carbons (Fsp3) is 0.261. The Kier molecular flexibility index (Phi) is 5.60. The van der Waals surface area contributed by atoms with E-state index in [0.29, 0.717) is 29.2 Å². The Labute approximate surface area is 294 Å². The Bertz CT molecular complexity index is 2800. The van der Waals surface area contributed by atoms with Gasteiger partial charge in [-0.3, -0.25) is 9.59 Å². The molecule has 0 unspecified atom stereocenters. The lowest BCUT2D eigenvalue weighted by atomic mass is 9.82. The van der Waals surface area contributed by atoms with Gasteiger partial charge in [0, 0.05) is 61.0 Å². The lowest BCUT2D eigenvalue weighted by molar-refractivity contribution is 0.0891. The summed E-state index contributed by atoms with van der Waals surface area (Å²) in [5, 5.41) is 5.64. The van der Waals surface area contributed by atoms with Crippen LogP contribution in [0.4, 0.5) is 0 Å². The highest BCUT2D eigenvalue weighted by molar-refractivity contribution is 6.33. The number of carbonyl (C=O) groups excluding carboxylic acids is 2. The summed E-state index contributed by atoms with van der Waals surface area (Å²) in [6.45, 7) is 0. The van der Waals surface area contributed by atoms with E-state index in [1.54, 1.807) is 0 Å². The van der Waals surface area contributed by atoms with E-state index in [1.807, 2.05) is 18.2 Å². The van der Waals surface area contributed by atoms with E-state index in [2.05, 4.69) is 77.2 Å². The van der Waals surface area contributed by atoms with Crippen LogP contribution in [0, 0.1) is 11.8 Å². The Morgan fingerprint density at radius 2 is 1.04 bits per heavy atom. The summed E-state index contributed by atoms with van der Waals surface area (Å²) in [6, 6.07) is 32.2. The molecule has 5 nitrogen and oxygen atoms in total. The van der Waals surface area contributed by atoms with Crippen molar-refractivity contribution in [3.63, 3.8) is 0 Å². The van der Waals surface area contributed by atoms with Crippen LogP contribution >= 0.6 is 0 Å². The van der Waals surface area contributed by atoms with Crippen LogP contribution in [0.1, 0.15) is 95.0 Å². The third-order valence-corrected chi connectivity index (χ3v) is 13.2. The first kappa shape index (κ1) is 28.3. The first-order valence-electron chi connectivity index (χ1n) is 18.9. The summed E-state index contributed by atoms with van der Waals surface area (Å²) in [5.74, 6) is 2.38. The molecular weight excluding hydrogens is 627 g/mol. The molecule has 0 spiro atoms. The zero-order valence-corrected chi connectivity index (χ0v) is 28.3. The molecule has 246 valence electrons. The summed E-state index contributed by atoms with van der Waals surface area (Å²) in [5.41, 5.74) is 11.3. The molecule has 0 atom stereocenters. The van der Waals surface area contributed by atoms with Gasteiger partial charge in [0.05, 0.1) is 27.8 Å². The number of benzene rings is 5. The molecule has 0 amide bonds. The first-order valence-corrected chi connectivity index (χ1v) is 18.9. The van der Waals surface area contributed by atoms with Crippen molar-refractivity contribution in [2.75, 3.05) is 0 Å². The van der Waals surface area contributed by atoms with Crippen molar-refractivity contribution in [2.45, 2.75) is 63.2 Å². The molecule has 2 saturated carbocycles. The quantitative estimate of drug-likeness (QED) is 0.185. The molecule has 6 aliphatic carbocycles. The Hall–Kier alpha value is -5.42. The van der Waals surface area contributed by atoms with Crippen molar-refractivity contribution in [2.24, 2.45) is 11.8 Å². The van der Waals surface area contributed by atoms with Crippen LogP contribution in [0.2, 0.25) is 0 Å². The fourth-order valence-corrected chi connectivity index (χ4v) is 10.8. The van der Waals surface area contributed by atoms with Gasteiger partial charge >= 0.3 is 0 Å². The lowest BCUT2D eigenvalue weighted by Crippen LogP contribution is -2.15. The number of hydrogen-bond acceptors (Lipinski definition) is 4. The van der Waals surface area contributed by atoms with E-state index in [-0.39, 0.29) is 11.8 Å². The normalized spacial score (nSPS) is 22.7. The fourth-order valence-electron chi connectivity index (χ4n) is 10.8. The molecule has 6 aliphatic rings. The van der Waals surface area contributed by atoms with Gasteiger partial charge in [-0.25, -0.2) is 9.97 Å². The molecule has 0 saturated heterocycles. The maximum Gasteiger partial charge on any atom is 0.166 e. The predicted molar refractivity (Wildman–Crippen MR) is 203 cm³/mol. The molecule has 5 heteroatoms. The third kappa shape index (κ3) is 3.76. The van der Waals surface area contributed by atoms with Crippen molar-refractivity contribution in [3.8, 4) is 22.6 Å². The number of Topliss-reactive ketones (excluding diaryl/α,β-unsaturated/α-hetero) is 2. The molecule has 3 aromatic heterocycles. The monoisotopic (exact) mass is 661 g/mol. The van der Waals surface area contributed by atoms with Gasteiger partial charge < -0.3 is 4.40 Å². The minimum absolute atomic E-state index is 0.116. The number of rotatable bonds is 2. The summed E-state index contributed by atoms with van der Waals surface area (Å²) < 4.78 is 2.38. The minimum Gasteiger partial charge on any atom is -0.308 e. The van der Waals surface area contributed by atoms with Crippen LogP contribution in [-0.4, -0.2) is 25.9 Å². The second-order valence-electron chi connectivity index (χ2n) is 15.7. The van der Waals surface area contributed by atoms with Crippen molar-refractivity contribution in [3.05, 3.63) is 113 Å². The molecule has 0 N–H and O–H groups in total. The summed E-state index contributed by atoms with van der Waals surface area (Å²) in [6.07, 6.45) is 8.21. The molecule has 2 fully saturated rings. The largest absolute Gasteiger partial charge is 0.308 e. The van der Waals surface area contributed by atoms with Crippen LogP contribution < -0.4 is 0 Å². The molecule has 5 aromatic carbocycles. The Morgan fingerprint density at radius 1 is 0.510 bits per heavy atom. The highest BCUT2D eigenvalue weighted by Crippen LogP contribution is 2.51. The third-order valence-electron chi connectivity index (χ3n) is 13.2. The number of hydrogen-bond donors (Lipinski definition) is 0. The van der Waals surface area contributed by atoms with Gasteiger partial charge in [-0.15, -0.1) is 0 Å². The van der Waals surface area contributed by atoms with Gasteiger partial charge in [0.1, 0.15) is 0 Å². The number of aromatic nitrogens is 3. The highest BCUT2D eigenvalue weighted by atomic mass is 16.1. The van der Waals surface area contributed by atoms with Crippen LogP contribution in [0.15, 0.2) is 91.0 Å². The van der Waals surface area contributed by atoms with Crippen molar-refractivity contribution >= 4 is 60.6 Å². The van der Waals surface area contributed by atoms with Crippen LogP contribution in [0.25, 0.3) is 71.6 Å². The molecule has 0 radical (unpaired) electrons. The molecule has 0 aliphatic heterocycles. The maximum absolute atomic E-state index is 14.1. The standard InChI is InChI=1S/C46H35N3O2/c50-44-27-15-11-24(12-16-27)30-19-32-33-21-37-41(42(26-7-3-1-4-8-26)48-46(47-37)29-9-5-2-6-10-29)40-36-20-31-25-13-17-28(18-14-25)45(51)35(31)23-39(36)49(43(33)40)38(32)22-34(30)44/h1-10,19-25,27-28H,11-18H2. The summed E-state index contributed by atoms with van der Waals surface area (Å²) in [4.78, 5) is 38.9. The Morgan fingerprint density at radius 3 is 1.65 bits per heavy atom. The van der Waals surface area contributed by atoms with E-state index >= 15 is 0 Å². The van der Waals surface area contributed by atoms with Crippen LogP contribution in [0.3, 0.4) is 0 Å². The second-order valence-corrected chi connectivity index (χ2v) is 15.7. The number of carbonyl (C=O) groups is 2. The van der Waals surface area contributed by atoms with Gasteiger partial charge in [0.15, 0.2) is 17.4 Å². The Balaban J connectivity index is 1.30. The molecule has 51 heavy (non-hydrogen) atoms. The summed E-state index contributed by atoms with van der Waals surface area (Å²) >= 11 is 0. The predicted octanol–water partition coefficient (Wildman–Crippen LogP) is 11.1. The van der Waals surface area contributed by atoms with Crippen molar-refractivity contribution in [1.29, 1.82) is 0 Å².